The third-order valence-electron chi connectivity index (χ3n) is 3.33. The quantitative estimate of drug-likeness (QED) is 0.803. The Balaban J connectivity index is 2.34. The van der Waals surface area contributed by atoms with Crippen LogP contribution in [0.2, 0.25) is 0 Å². The molecule has 0 bridgehead atoms. The maximum Gasteiger partial charge on any atom is 0.243 e. The summed E-state index contributed by atoms with van der Waals surface area (Å²) in [7, 11) is -6.28. The van der Waals surface area contributed by atoms with Crippen LogP contribution >= 0.6 is 0 Å². The van der Waals surface area contributed by atoms with Crippen LogP contribution < -0.4 is 0 Å². The summed E-state index contributed by atoms with van der Waals surface area (Å²) in [6, 6.07) is 8.05. The number of rotatable bonds is 5. The highest BCUT2D eigenvalue weighted by atomic mass is 32.2. The van der Waals surface area contributed by atoms with E-state index in [1.807, 2.05) is 0 Å². The van der Waals surface area contributed by atoms with Gasteiger partial charge >= 0.3 is 0 Å². The first-order valence-corrected chi connectivity index (χ1v) is 10.1. The van der Waals surface area contributed by atoms with Crippen molar-refractivity contribution in [2.24, 2.45) is 0 Å². The van der Waals surface area contributed by atoms with Gasteiger partial charge in [0.05, 0.1) is 9.79 Å². The number of benzene rings is 2. The van der Waals surface area contributed by atoms with Crippen LogP contribution in [0.25, 0.3) is 0 Å². The number of sulfonamides is 1. The third kappa shape index (κ3) is 3.97. The van der Waals surface area contributed by atoms with Gasteiger partial charge in [-0.3, -0.25) is 0 Å². The summed E-state index contributed by atoms with van der Waals surface area (Å²) in [6.45, 7) is -0.192. The predicted octanol–water partition coefficient (Wildman–Crippen LogP) is 2.19. The molecule has 0 saturated carbocycles. The molecule has 0 heterocycles. The summed E-state index contributed by atoms with van der Waals surface area (Å²) in [5.41, 5.74) is 0.263. The van der Waals surface area contributed by atoms with E-state index in [-0.39, 0.29) is 21.9 Å². The largest absolute Gasteiger partial charge is 0.243 e. The van der Waals surface area contributed by atoms with Crippen LogP contribution in [0.4, 0.5) is 8.78 Å². The van der Waals surface area contributed by atoms with E-state index < -0.39 is 31.5 Å². The monoisotopic (exact) mass is 375 g/mol. The summed E-state index contributed by atoms with van der Waals surface area (Å²) in [6.07, 6.45) is 0.976. The van der Waals surface area contributed by atoms with Gasteiger partial charge < -0.3 is 0 Å². The van der Waals surface area contributed by atoms with Crippen LogP contribution in [0.15, 0.2) is 52.3 Å². The van der Waals surface area contributed by atoms with Crippen LogP contribution in [-0.4, -0.2) is 34.4 Å². The molecule has 9 heteroatoms. The first-order chi connectivity index (χ1) is 11.0. The van der Waals surface area contributed by atoms with Crippen LogP contribution in [-0.2, 0) is 26.4 Å². The Morgan fingerprint density at radius 2 is 1.54 bits per heavy atom. The van der Waals surface area contributed by atoms with Gasteiger partial charge in [0, 0.05) is 19.8 Å². The normalized spacial score (nSPS) is 12.5. The molecular formula is C15H15F2NO4S2. The van der Waals surface area contributed by atoms with Crippen LogP contribution in [0.3, 0.4) is 0 Å². The molecule has 0 amide bonds. The minimum Gasteiger partial charge on any atom is -0.224 e. The van der Waals surface area contributed by atoms with Crippen molar-refractivity contribution in [3.8, 4) is 0 Å². The summed E-state index contributed by atoms with van der Waals surface area (Å²) >= 11 is 0. The highest BCUT2D eigenvalue weighted by molar-refractivity contribution is 7.91. The van der Waals surface area contributed by atoms with E-state index in [1.54, 1.807) is 0 Å². The molecule has 2 aromatic carbocycles. The molecule has 0 aromatic heterocycles. The molecule has 0 aliphatic carbocycles. The summed E-state index contributed by atoms with van der Waals surface area (Å²) < 4.78 is 75.3. The first kappa shape index (κ1) is 18.5. The lowest BCUT2D eigenvalue weighted by molar-refractivity contribution is 0.461. The maximum atomic E-state index is 13.2. The minimum absolute atomic E-state index is 0.121. The molecule has 0 atom stereocenters. The molecular weight excluding hydrogens is 360 g/mol. The highest BCUT2D eigenvalue weighted by Gasteiger charge is 2.23. The molecule has 130 valence electrons. The molecule has 24 heavy (non-hydrogen) atoms. The Morgan fingerprint density at radius 1 is 0.917 bits per heavy atom. The SMILES string of the molecule is CN(Cc1ccc(F)c(F)c1)S(=O)(=O)c1cccc(S(C)(=O)=O)c1. The van der Waals surface area contributed by atoms with Gasteiger partial charge in [0.2, 0.25) is 10.0 Å². The molecule has 0 N–H and O–H groups in total. The zero-order valence-corrected chi connectivity index (χ0v) is 14.5. The van der Waals surface area contributed by atoms with E-state index in [9.17, 15) is 25.6 Å². The number of hydrogen-bond donors (Lipinski definition) is 0. The topological polar surface area (TPSA) is 71.5 Å². The molecule has 0 aliphatic heterocycles. The van der Waals surface area contributed by atoms with Gasteiger partial charge in [-0.15, -0.1) is 0 Å². The van der Waals surface area contributed by atoms with Crippen molar-refractivity contribution in [2.45, 2.75) is 16.3 Å². The smallest absolute Gasteiger partial charge is 0.224 e. The summed E-state index contributed by atoms with van der Waals surface area (Å²) in [4.78, 5) is -0.319. The van der Waals surface area contributed by atoms with E-state index in [2.05, 4.69) is 0 Å². The average Bonchev–Trinajstić information content (AvgIpc) is 2.50. The minimum atomic E-state index is -3.99. The van der Waals surface area contributed by atoms with Crippen molar-refractivity contribution in [1.82, 2.24) is 4.31 Å². The maximum absolute atomic E-state index is 13.2. The fraction of sp³-hybridized carbons (Fsp3) is 0.200. The first-order valence-electron chi connectivity index (χ1n) is 6.72. The van der Waals surface area contributed by atoms with Crippen molar-refractivity contribution < 1.29 is 25.6 Å². The summed E-state index contributed by atoms with van der Waals surface area (Å²) in [5.74, 6) is -2.09. The highest BCUT2D eigenvalue weighted by Crippen LogP contribution is 2.20. The van der Waals surface area contributed by atoms with E-state index in [4.69, 9.17) is 0 Å². The zero-order chi connectivity index (χ0) is 18.1. The zero-order valence-electron chi connectivity index (χ0n) is 12.9. The molecule has 0 fully saturated rings. The van der Waals surface area contributed by atoms with Gasteiger partial charge in [-0.25, -0.2) is 25.6 Å². The van der Waals surface area contributed by atoms with Gasteiger partial charge in [-0.1, -0.05) is 12.1 Å². The van der Waals surface area contributed by atoms with Crippen molar-refractivity contribution >= 4 is 19.9 Å². The number of halogens is 2. The Morgan fingerprint density at radius 3 is 2.12 bits per heavy atom. The lowest BCUT2D eigenvalue weighted by Gasteiger charge is -2.18. The molecule has 0 saturated heterocycles. The lowest BCUT2D eigenvalue weighted by atomic mass is 10.2. The van der Waals surface area contributed by atoms with E-state index in [1.165, 1.54) is 31.3 Å². The van der Waals surface area contributed by atoms with Crippen LogP contribution in [0, 0.1) is 11.6 Å². The Labute approximate surface area is 139 Å². The molecule has 0 spiro atoms. The molecule has 0 aliphatic rings. The third-order valence-corrected chi connectivity index (χ3v) is 6.24. The fourth-order valence-corrected chi connectivity index (χ4v) is 3.97. The number of hydrogen-bond acceptors (Lipinski definition) is 4. The van der Waals surface area contributed by atoms with Crippen molar-refractivity contribution in [2.75, 3.05) is 13.3 Å². The van der Waals surface area contributed by atoms with E-state index >= 15 is 0 Å². The van der Waals surface area contributed by atoms with Crippen molar-refractivity contribution in [3.63, 3.8) is 0 Å². The van der Waals surface area contributed by atoms with Gasteiger partial charge in [0.1, 0.15) is 0 Å². The lowest BCUT2D eigenvalue weighted by Crippen LogP contribution is -2.26. The Kier molecular flexibility index (Phi) is 5.07. The van der Waals surface area contributed by atoms with Crippen LogP contribution in [0.1, 0.15) is 5.56 Å². The van der Waals surface area contributed by atoms with Crippen molar-refractivity contribution in [3.05, 3.63) is 59.7 Å². The fourth-order valence-electron chi connectivity index (χ4n) is 2.03. The number of nitrogens with zero attached hydrogens (tertiary/aromatic N) is 1. The number of sulfone groups is 1. The molecule has 2 rings (SSSR count). The second-order valence-corrected chi connectivity index (χ2v) is 9.32. The van der Waals surface area contributed by atoms with E-state index in [0.717, 1.165) is 28.8 Å². The molecule has 2 aromatic rings. The van der Waals surface area contributed by atoms with Crippen molar-refractivity contribution in [1.29, 1.82) is 0 Å². The standard InChI is InChI=1S/C15H15F2NO4S2/c1-18(10-11-6-7-14(16)15(17)8-11)24(21,22)13-5-3-4-12(9-13)23(2,19)20/h3-9H,10H2,1-2H3. The van der Waals surface area contributed by atoms with Gasteiger partial charge in [-0.2, -0.15) is 4.31 Å². The van der Waals surface area contributed by atoms with E-state index in [0.29, 0.717) is 0 Å². The second-order valence-electron chi connectivity index (χ2n) is 5.26. The molecule has 0 radical (unpaired) electrons. The van der Waals surface area contributed by atoms with Crippen LogP contribution in [0.5, 0.6) is 0 Å². The Bertz CT molecular complexity index is 973. The predicted molar refractivity (Wildman–Crippen MR) is 84.6 cm³/mol. The molecule has 0 unspecified atom stereocenters. The molecule has 5 nitrogen and oxygen atoms in total. The summed E-state index contributed by atoms with van der Waals surface area (Å²) in [5, 5.41) is 0. The van der Waals surface area contributed by atoms with Gasteiger partial charge in [0.15, 0.2) is 21.5 Å². The van der Waals surface area contributed by atoms with Gasteiger partial charge in [0.25, 0.3) is 0 Å². The average molecular weight is 375 g/mol. The Hall–Kier alpha value is -1.84. The second kappa shape index (κ2) is 6.58. The van der Waals surface area contributed by atoms with Gasteiger partial charge in [-0.05, 0) is 35.9 Å².